The van der Waals surface area contributed by atoms with Gasteiger partial charge < -0.3 is 24.8 Å². The first-order valence-electron chi connectivity index (χ1n) is 16.0. The summed E-state index contributed by atoms with van der Waals surface area (Å²) in [5, 5.41) is 15.1. The van der Waals surface area contributed by atoms with E-state index < -0.39 is 47.5 Å². The van der Waals surface area contributed by atoms with Crippen molar-refractivity contribution in [2.24, 2.45) is 5.92 Å². The molecule has 0 bridgehead atoms. The van der Waals surface area contributed by atoms with Gasteiger partial charge in [0.15, 0.2) is 0 Å². The van der Waals surface area contributed by atoms with Gasteiger partial charge in [-0.1, -0.05) is 49.1 Å². The van der Waals surface area contributed by atoms with Gasteiger partial charge in [-0.25, -0.2) is 9.18 Å². The van der Waals surface area contributed by atoms with Gasteiger partial charge in [0.1, 0.15) is 23.8 Å². The molecule has 2 aliphatic heterocycles. The topological polar surface area (TPSA) is 112 Å². The van der Waals surface area contributed by atoms with E-state index in [9.17, 15) is 23.9 Å². The van der Waals surface area contributed by atoms with Gasteiger partial charge in [0.2, 0.25) is 11.8 Å². The molecule has 11 heteroatoms. The lowest BCUT2D eigenvalue weighted by atomic mass is 9.92. The third kappa shape index (κ3) is 10.1. The minimum atomic E-state index is -1.28. The second-order valence-corrected chi connectivity index (χ2v) is 13.2. The number of benzene rings is 2. The Hall–Kier alpha value is -4.22. The Morgan fingerprint density at radius 1 is 1.09 bits per heavy atom. The van der Waals surface area contributed by atoms with Crippen molar-refractivity contribution in [1.82, 2.24) is 20.0 Å². The largest absolute Gasteiger partial charge is 0.489 e. The summed E-state index contributed by atoms with van der Waals surface area (Å²) in [7, 11) is 0. The lowest BCUT2D eigenvalue weighted by Crippen LogP contribution is -2.64. The first-order chi connectivity index (χ1) is 22.4. The van der Waals surface area contributed by atoms with E-state index in [1.165, 1.54) is 17.0 Å². The molecule has 10 nitrogen and oxygen atoms in total. The molecule has 2 aromatic carbocycles. The summed E-state index contributed by atoms with van der Waals surface area (Å²) in [6.45, 7) is 15.1. The third-order valence-electron chi connectivity index (χ3n) is 8.20. The van der Waals surface area contributed by atoms with Crippen LogP contribution in [0.2, 0.25) is 0 Å². The molecule has 1 unspecified atom stereocenters. The summed E-state index contributed by atoms with van der Waals surface area (Å²) < 4.78 is 26.0. The van der Waals surface area contributed by atoms with Crippen LogP contribution in [0.1, 0.15) is 38.3 Å². The number of nitrogens with zero attached hydrogens (tertiary/aromatic N) is 3. The van der Waals surface area contributed by atoms with Gasteiger partial charge in [-0.3, -0.25) is 19.4 Å². The van der Waals surface area contributed by atoms with Crippen molar-refractivity contribution in [1.29, 1.82) is 0 Å². The van der Waals surface area contributed by atoms with Crippen LogP contribution in [0.15, 0.2) is 73.8 Å². The molecular weight excluding hydrogens is 603 g/mol. The fourth-order valence-electron chi connectivity index (χ4n) is 6.03. The fraction of sp³-hybridized carbons (Fsp3) is 0.472. The van der Waals surface area contributed by atoms with Crippen LogP contribution in [0.5, 0.6) is 5.75 Å². The molecule has 2 heterocycles. The molecule has 2 saturated heterocycles. The monoisotopic (exact) mass is 650 g/mol. The number of halogens is 1. The minimum absolute atomic E-state index is 0.0281. The predicted molar refractivity (Wildman–Crippen MR) is 177 cm³/mol. The Bertz CT molecular complexity index is 1410. The number of aliphatic hydroxyl groups excluding tert-OH is 1. The molecule has 4 rings (SSSR count). The van der Waals surface area contributed by atoms with Crippen molar-refractivity contribution in [3.05, 3.63) is 90.8 Å². The normalized spacial score (nSPS) is 20.0. The standard InChI is InChI=1S/C36H47FN4O6/c1-6-13-40-23-27(20-32(40)42)34(44)38-30(19-26-17-28(37)21-29(18-26)46-16-7-2)33(43)31-24-39(22-25-11-9-8-10-12-25)14-15-41(31)35(45)47-36(3,4)5/h6-12,17-18,21,27,30-31,33,43H,1-2,13-16,19-20,22-24H2,3-5H3,(H,38,44)/t27?,30-,31+,33-/m0/s1. The van der Waals surface area contributed by atoms with Crippen LogP contribution in [-0.2, 0) is 27.3 Å². The fourth-order valence-corrected chi connectivity index (χ4v) is 6.03. The van der Waals surface area contributed by atoms with Gasteiger partial charge in [0.25, 0.3) is 0 Å². The number of ether oxygens (including phenoxy) is 2. The number of hydrogen-bond acceptors (Lipinski definition) is 7. The van der Waals surface area contributed by atoms with Gasteiger partial charge in [-0.05, 0) is 50.5 Å². The number of amides is 3. The summed E-state index contributed by atoms with van der Waals surface area (Å²) in [4.78, 5) is 44.9. The zero-order chi connectivity index (χ0) is 34.1. The molecule has 0 aliphatic carbocycles. The molecule has 2 N–H and O–H groups in total. The highest BCUT2D eigenvalue weighted by atomic mass is 19.1. The van der Waals surface area contributed by atoms with E-state index in [0.717, 1.165) is 5.56 Å². The molecule has 4 atom stereocenters. The predicted octanol–water partition coefficient (Wildman–Crippen LogP) is 3.93. The van der Waals surface area contributed by atoms with Crippen LogP contribution in [-0.4, -0.2) is 101 Å². The Balaban J connectivity index is 1.65. The smallest absolute Gasteiger partial charge is 0.410 e. The second kappa shape index (κ2) is 16.1. The Labute approximate surface area is 276 Å². The first kappa shape index (κ1) is 35.6. The Morgan fingerprint density at radius 3 is 2.51 bits per heavy atom. The summed E-state index contributed by atoms with van der Waals surface area (Å²) in [5.41, 5.74) is 0.792. The molecule has 0 aromatic heterocycles. The van der Waals surface area contributed by atoms with Crippen LogP contribution in [0.4, 0.5) is 9.18 Å². The molecule has 0 spiro atoms. The van der Waals surface area contributed by atoms with Crippen molar-refractivity contribution in [2.45, 2.75) is 63.9 Å². The maximum atomic E-state index is 14.7. The van der Waals surface area contributed by atoms with Crippen molar-refractivity contribution >= 4 is 17.9 Å². The van der Waals surface area contributed by atoms with Gasteiger partial charge in [0.05, 0.1) is 24.1 Å². The number of aliphatic hydroxyl groups is 1. The lowest BCUT2D eigenvalue weighted by molar-refractivity contribution is -0.129. The molecule has 47 heavy (non-hydrogen) atoms. The summed E-state index contributed by atoms with van der Waals surface area (Å²) in [5.74, 6) is -1.46. The minimum Gasteiger partial charge on any atom is -0.489 e. The lowest BCUT2D eigenvalue weighted by Gasteiger charge is -2.45. The molecule has 0 radical (unpaired) electrons. The van der Waals surface area contributed by atoms with Gasteiger partial charge in [0, 0.05) is 51.8 Å². The van der Waals surface area contributed by atoms with E-state index in [0.29, 0.717) is 31.7 Å². The zero-order valence-electron chi connectivity index (χ0n) is 27.6. The Morgan fingerprint density at radius 2 is 1.83 bits per heavy atom. The van der Waals surface area contributed by atoms with E-state index >= 15 is 0 Å². The number of hydrogen-bond donors (Lipinski definition) is 2. The van der Waals surface area contributed by atoms with Crippen LogP contribution < -0.4 is 10.1 Å². The van der Waals surface area contributed by atoms with E-state index in [1.807, 2.05) is 30.3 Å². The molecular formula is C36H47FN4O6. The summed E-state index contributed by atoms with van der Waals surface area (Å²) in [6, 6.07) is 12.4. The number of piperazine rings is 1. The summed E-state index contributed by atoms with van der Waals surface area (Å²) in [6.07, 6.45) is 1.36. The molecule has 2 aliphatic rings. The van der Waals surface area contributed by atoms with E-state index in [-0.39, 0.29) is 44.2 Å². The van der Waals surface area contributed by atoms with E-state index in [4.69, 9.17) is 9.47 Å². The quantitative estimate of drug-likeness (QED) is 0.316. The van der Waals surface area contributed by atoms with Gasteiger partial charge >= 0.3 is 6.09 Å². The summed E-state index contributed by atoms with van der Waals surface area (Å²) >= 11 is 0. The maximum absolute atomic E-state index is 14.7. The van der Waals surface area contributed by atoms with Crippen molar-refractivity contribution in [2.75, 3.05) is 39.3 Å². The Kier molecular flexibility index (Phi) is 12.2. The van der Waals surface area contributed by atoms with Gasteiger partial charge in [-0.2, -0.15) is 0 Å². The van der Waals surface area contributed by atoms with Crippen LogP contribution in [0, 0.1) is 11.7 Å². The van der Waals surface area contributed by atoms with E-state index in [1.54, 1.807) is 43.9 Å². The molecule has 2 fully saturated rings. The molecule has 2 aromatic rings. The average molecular weight is 651 g/mol. The number of likely N-dealkylation sites (tertiary alicyclic amines) is 1. The third-order valence-corrected chi connectivity index (χ3v) is 8.20. The highest BCUT2D eigenvalue weighted by molar-refractivity contribution is 5.89. The van der Waals surface area contributed by atoms with Crippen molar-refractivity contribution in [3.8, 4) is 5.75 Å². The van der Waals surface area contributed by atoms with Crippen LogP contribution >= 0.6 is 0 Å². The highest BCUT2D eigenvalue weighted by Gasteiger charge is 2.42. The van der Waals surface area contributed by atoms with Crippen LogP contribution in [0.25, 0.3) is 0 Å². The van der Waals surface area contributed by atoms with Gasteiger partial charge in [-0.15, -0.1) is 6.58 Å². The molecule has 0 saturated carbocycles. The number of carbonyl (C=O) groups excluding carboxylic acids is 3. The number of carbonyl (C=O) groups is 3. The highest BCUT2D eigenvalue weighted by Crippen LogP contribution is 2.25. The molecule has 254 valence electrons. The number of nitrogens with one attached hydrogen (secondary N) is 1. The SMILES string of the molecule is C=CCOc1cc(F)cc(C[C@H](NC(=O)C2CC(=O)N(CC=C)C2)[C@H](O)[C@H]2CN(Cc3ccccc3)CCN2C(=O)OC(C)(C)C)c1. The number of rotatable bonds is 13. The molecule has 3 amide bonds. The second-order valence-electron chi connectivity index (χ2n) is 13.2. The van der Waals surface area contributed by atoms with E-state index in [2.05, 4.69) is 23.4 Å². The van der Waals surface area contributed by atoms with Crippen LogP contribution in [0.3, 0.4) is 0 Å². The zero-order valence-corrected chi connectivity index (χ0v) is 27.6. The maximum Gasteiger partial charge on any atom is 0.410 e. The van der Waals surface area contributed by atoms with Crippen molar-refractivity contribution in [3.63, 3.8) is 0 Å². The van der Waals surface area contributed by atoms with Crippen molar-refractivity contribution < 1.29 is 33.4 Å². The first-order valence-corrected chi connectivity index (χ1v) is 16.0. The average Bonchev–Trinajstić information content (AvgIpc) is 3.39.